The molecule has 0 aliphatic heterocycles. The fraction of sp³-hybridized carbons (Fsp3) is 0.130. The summed E-state index contributed by atoms with van der Waals surface area (Å²) in [4.78, 5) is 26.7. The molecular weight excluding hydrogens is 422 g/mol. The second-order valence-electron chi connectivity index (χ2n) is 6.84. The topological polar surface area (TPSA) is 66.8 Å². The molecule has 0 unspecified atom stereocenters. The molecule has 7 heteroatoms. The highest BCUT2D eigenvalue weighted by Crippen LogP contribution is 2.45. The maximum Gasteiger partial charge on any atom is 0.341 e. The Bertz CT molecular complexity index is 1300. The van der Waals surface area contributed by atoms with Crippen LogP contribution in [0.3, 0.4) is 0 Å². The van der Waals surface area contributed by atoms with Gasteiger partial charge in [-0.3, -0.25) is 9.69 Å². The third kappa shape index (κ3) is 3.49. The Kier molecular flexibility index (Phi) is 5.37. The predicted molar refractivity (Wildman–Crippen MR) is 121 cm³/mol. The Hall–Kier alpha value is -3.09. The van der Waals surface area contributed by atoms with Crippen LogP contribution in [0.2, 0.25) is 5.02 Å². The van der Waals surface area contributed by atoms with Crippen molar-refractivity contribution < 1.29 is 19.4 Å². The number of nitrogens with zero attached hydrogens (tertiary/aromatic N) is 1. The van der Waals surface area contributed by atoms with Crippen LogP contribution >= 0.6 is 22.9 Å². The standard InChI is InChI=1S/C23H18ClNO4S/c1-13(26)25(12-14-7-8-15-5-3-4-6-16(15)11-14)22-19(23(28)29-2)17-9-10-18(27)20(24)21(17)30-22/h3-11,27H,12H2,1-2H3. The summed E-state index contributed by atoms with van der Waals surface area (Å²) in [6, 6.07) is 17.0. The van der Waals surface area contributed by atoms with Crippen molar-refractivity contribution in [1.82, 2.24) is 0 Å². The number of hydrogen-bond acceptors (Lipinski definition) is 5. The van der Waals surface area contributed by atoms with Gasteiger partial charge >= 0.3 is 5.97 Å². The first-order valence-electron chi connectivity index (χ1n) is 9.18. The van der Waals surface area contributed by atoms with Crippen molar-refractivity contribution in [2.24, 2.45) is 0 Å². The highest BCUT2D eigenvalue weighted by Gasteiger charge is 2.27. The first-order valence-corrected chi connectivity index (χ1v) is 10.4. The lowest BCUT2D eigenvalue weighted by Gasteiger charge is -2.21. The second-order valence-corrected chi connectivity index (χ2v) is 8.21. The molecular formula is C23H18ClNO4S. The molecule has 0 atom stereocenters. The Labute approximate surface area is 182 Å². The number of esters is 1. The number of fused-ring (bicyclic) bond motifs is 2. The molecule has 0 aliphatic rings. The Morgan fingerprint density at radius 1 is 1.10 bits per heavy atom. The van der Waals surface area contributed by atoms with Crippen molar-refractivity contribution in [2.75, 3.05) is 12.0 Å². The van der Waals surface area contributed by atoms with Crippen molar-refractivity contribution in [1.29, 1.82) is 0 Å². The number of ether oxygens (including phenoxy) is 1. The van der Waals surface area contributed by atoms with E-state index in [2.05, 4.69) is 0 Å². The molecule has 1 N–H and O–H groups in total. The summed E-state index contributed by atoms with van der Waals surface area (Å²) >= 11 is 7.45. The zero-order valence-electron chi connectivity index (χ0n) is 16.3. The first kappa shape index (κ1) is 20.2. The van der Waals surface area contributed by atoms with Crippen LogP contribution in [0.4, 0.5) is 5.00 Å². The second kappa shape index (κ2) is 7.97. The van der Waals surface area contributed by atoms with E-state index in [0.29, 0.717) is 15.1 Å². The molecule has 0 bridgehead atoms. The van der Waals surface area contributed by atoms with Crippen molar-refractivity contribution in [3.63, 3.8) is 0 Å². The molecule has 1 heterocycles. The van der Waals surface area contributed by atoms with Gasteiger partial charge in [-0.15, -0.1) is 11.3 Å². The minimum atomic E-state index is -0.567. The molecule has 1 aromatic heterocycles. The Balaban J connectivity index is 1.86. The number of hydrogen-bond donors (Lipinski definition) is 1. The molecule has 4 rings (SSSR count). The molecule has 4 aromatic rings. The van der Waals surface area contributed by atoms with Gasteiger partial charge in [-0.1, -0.05) is 48.0 Å². The number of phenols is 1. The summed E-state index contributed by atoms with van der Waals surface area (Å²) in [7, 11) is 1.29. The summed E-state index contributed by atoms with van der Waals surface area (Å²) in [6.07, 6.45) is 0. The van der Waals surface area contributed by atoms with Gasteiger partial charge in [-0.25, -0.2) is 4.79 Å². The molecule has 0 saturated carbocycles. The van der Waals surface area contributed by atoms with E-state index >= 15 is 0 Å². The van der Waals surface area contributed by atoms with Gasteiger partial charge in [-0.2, -0.15) is 0 Å². The number of rotatable bonds is 4. The minimum absolute atomic E-state index is 0.0858. The molecule has 0 saturated heterocycles. The molecule has 30 heavy (non-hydrogen) atoms. The predicted octanol–water partition coefficient (Wildman–Crippen LogP) is 5.75. The van der Waals surface area contributed by atoms with E-state index in [0.717, 1.165) is 16.3 Å². The number of phenolic OH excluding ortho intramolecular Hbond substituents is 1. The average molecular weight is 440 g/mol. The van der Waals surface area contributed by atoms with Gasteiger partial charge in [0.2, 0.25) is 5.91 Å². The maximum atomic E-state index is 12.6. The van der Waals surface area contributed by atoms with E-state index in [9.17, 15) is 14.7 Å². The number of anilines is 1. The van der Waals surface area contributed by atoms with Crippen LogP contribution in [-0.2, 0) is 16.1 Å². The van der Waals surface area contributed by atoms with E-state index in [1.165, 1.54) is 36.3 Å². The van der Waals surface area contributed by atoms with Gasteiger partial charge < -0.3 is 9.84 Å². The summed E-state index contributed by atoms with van der Waals surface area (Å²) in [5.41, 5.74) is 1.18. The third-order valence-corrected chi connectivity index (χ3v) is 6.67. The van der Waals surface area contributed by atoms with Crippen LogP contribution in [0, 0.1) is 0 Å². The van der Waals surface area contributed by atoms with Gasteiger partial charge in [0.15, 0.2) is 0 Å². The van der Waals surface area contributed by atoms with E-state index in [4.69, 9.17) is 16.3 Å². The molecule has 152 valence electrons. The van der Waals surface area contributed by atoms with E-state index < -0.39 is 5.97 Å². The highest BCUT2D eigenvalue weighted by atomic mass is 35.5. The number of methoxy groups -OCH3 is 1. The van der Waals surface area contributed by atoms with Gasteiger partial charge in [0, 0.05) is 12.3 Å². The van der Waals surface area contributed by atoms with Crippen LogP contribution in [-0.4, -0.2) is 24.1 Å². The highest BCUT2D eigenvalue weighted by molar-refractivity contribution is 7.24. The first-order chi connectivity index (χ1) is 14.4. The zero-order chi connectivity index (χ0) is 21.4. The molecule has 3 aromatic carbocycles. The fourth-order valence-corrected chi connectivity index (χ4v) is 4.99. The molecule has 0 radical (unpaired) electrons. The molecule has 0 aliphatic carbocycles. The summed E-state index contributed by atoms with van der Waals surface area (Å²) in [5.74, 6) is -0.875. The van der Waals surface area contributed by atoms with Gasteiger partial charge in [0.25, 0.3) is 0 Å². The van der Waals surface area contributed by atoms with E-state index in [1.54, 1.807) is 6.07 Å². The third-order valence-electron chi connectivity index (χ3n) is 4.93. The van der Waals surface area contributed by atoms with Crippen molar-refractivity contribution >= 4 is 60.7 Å². The smallest absolute Gasteiger partial charge is 0.341 e. The Morgan fingerprint density at radius 2 is 1.83 bits per heavy atom. The maximum absolute atomic E-state index is 12.6. The van der Waals surface area contributed by atoms with Crippen LogP contribution in [0.1, 0.15) is 22.8 Å². The van der Waals surface area contributed by atoms with Crippen LogP contribution in [0.5, 0.6) is 5.75 Å². The largest absolute Gasteiger partial charge is 0.506 e. The quantitative estimate of drug-likeness (QED) is 0.411. The number of carbonyl (C=O) groups excluding carboxylic acids is 2. The average Bonchev–Trinajstić information content (AvgIpc) is 3.13. The summed E-state index contributed by atoms with van der Waals surface area (Å²) < 4.78 is 5.50. The van der Waals surface area contributed by atoms with E-state index in [-0.39, 0.29) is 28.8 Å². The molecule has 0 fully saturated rings. The number of aromatic hydroxyl groups is 1. The van der Waals surface area contributed by atoms with E-state index in [1.807, 2.05) is 42.5 Å². The fourth-order valence-electron chi connectivity index (χ4n) is 3.44. The van der Waals surface area contributed by atoms with Crippen molar-refractivity contribution in [2.45, 2.75) is 13.5 Å². The molecule has 0 spiro atoms. The number of benzene rings is 3. The lowest BCUT2D eigenvalue weighted by molar-refractivity contribution is -0.116. The lowest BCUT2D eigenvalue weighted by Crippen LogP contribution is -2.28. The van der Waals surface area contributed by atoms with Gasteiger partial charge in [0.05, 0.1) is 18.4 Å². The van der Waals surface area contributed by atoms with Crippen molar-refractivity contribution in [3.05, 3.63) is 70.7 Å². The molecule has 1 amide bonds. The van der Waals surface area contributed by atoms with Gasteiger partial charge in [0.1, 0.15) is 21.3 Å². The minimum Gasteiger partial charge on any atom is -0.506 e. The molecule has 5 nitrogen and oxygen atoms in total. The van der Waals surface area contributed by atoms with Gasteiger partial charge in [-0.05, 0) is 34.5 Å². The number of carbonyl (C=O) groups is 2. The van der Waals surface area contributed by atoms with Crippen LogP contribution < -0.4 is 4.90 Å². The zero-order valence-corrected chi connectivity index (χ0v) is 17.9. The summed E-state index contributed by atoms with van der Waals surface area (Å²) in [5, 5.41) is 13.3. The van der Waals surface area contributed by atoms with Crippen molar-refractivity contribution in [3.8, 4) is 5.75 Å². The number of thiophene rings is 1. The van der Waals surface area contributed by atoms with Crippen LogP contribution in [0.15, 0.2) is 54.6 Å². The SMILES string of the molecule is COC(=O)c1c(N(Cc2ccc3ccccc3c2)C(C)=O)sc2c(Cl)c(O)ccc12. The lowest BCUT2D eigenvalue weighted by atomic mass is 10.1. The number of amides is 1. The monoisotopic (exact) mass is 439 g/mol. The normalized spacial score (nSPS) is 11.0. The summed E-state index contributed by atoms with van der Waals surface area (Å²) in [6.45, 7) is 1.73. The number of halogens is 1. The Morgan fingerprint density at radius 3 is 2.53 bits per heavy atom. The van der Waals surface area contributed by atoms with Crippen LogP contribution in [0.25, 0.3) is 20.9 Å².